The zero-order valence-electron chi connectivity index (χ0n) is 14.3. The van der Waals surface area contributed by atoms with Gasteiger partial charge in [0.1, 0.15) is 0 Å². The average Bonchev–Trinajstić information content (AvgIpc) is 2.86. The van der Waals surface area contributed by atoms with Crippen molar-refractivity contribution in [2.45, 2.75) is 12.3 Å². The minimum absolute atomic E-state index is 0.0908. The van der Waals surface area contributed by atoms with E-state index in [1.165, 1.54) is 0 Å². The van der Waals surface area contributed by atoms with Crippen molar-refractivity contribution in [2.75, 3.05) is 33.3 Å². The van der Waals surface area contributed by atoms with Gasteiger partial charge in [0.05, 0.1) is 27.2 Å². The Morgan fingerprint density at radius 1 is 0.958 bits per heavy atom. The third-order valence-corrected chi connectivity index (χ3v) is 4.51. The molecule has 0 unspecified atom stereocenters. The predicted molar refractivity (Wildman–Crippen MR) is 92.4 cm³/mol. The van der Waals surface area contributed by atoms with Crippen molar-refractivity contribution in [1.82, 2.24) is 0 Å². The molecule has 1 heterocycles. The highest BCUT2D eigenvalue weighted by atomic mass is 16.5. The first kappa shape index (κ1) is 16.2. The van der Waals surface area contributed by atoms with E-state index in [0.717, 1.165) is 16.8 Å². The molecule has 0 saturated carbocycles. The molecule has 24 heavy (non-hydrogen) atoms. The number of hydrogen-bond donors (Lipinski definition) is 0. The maximum atomic E-state index is 12.7. The molecule has 1 amide bonds. The highest BCUT2D eigenvalue weighted by Crippen LogP contribution is 2.44. The summed E-state index contributed by atoms with van der Waals surface area (Å²) in [6, 6.07) is 11.7. The van der Waals surface area contributed by atoms with E-state index < -0.39 is 0 Å². The fourth-order valence-electron chi connectivity index (χ4n) is 3.31. The van der Waals surface area contributed by atoms with E-state index in [1.54, 1.807) is 26.2 Å². The van der Waals surface area contributed by atoms with Crippen molar-refractivity contribution in [3.63, 3.8) is 0 Å². The lowest BCUT2D eigenvalue weighted by atomic mass is 9.92. The fourth-order valence-corrected chi connectivity index (χ4v) is 3.31. The van der Waals surface area contributed by atoms with Crippen molar-refractivity contribution >= 4 is 11.6 Å². The summed E-state index contributed by atoms with van der Waals surface area (Å²) in [6.07, 6.45) is 0.545. The Balaban J connectivity index is 2.02. The van der Waals surface area contributed by atoms with E-state index in [0.29, 0.717) is 23.7 Å². The van der Waals surface area contributed by atoms with Gasteiger partial charge in [-0.15, -0.1) is 0 Å². The van der Waals surface area contributed by atoms with Gasteiger partial charge in [-0.2, -0.15) is 0 Å². The number of ether oxygens (including phenoxy) is 3. The third-order valence-electron chi connectivity index (χ3n) is 4.51. The van der Waals surface area contributed by atoms with Gasteiger partial charge in [0.2, 0.25) is 11.7 Å². The molecule has 5 heteroatoms. The van der Waals surface area contributed by atoms with Crippen molar-refractivity contribution < 1.29 is 19.0 Å². The van der Waals surface area contributed by atoms with Gasteiger partial charge in [-0.25, -0.2) is 0 Å². The summed E-state index contributed by atoms with van der Waals surface area (Å²) >= 11 is 0. The molecule has 3 rings (SSSR count). The number of fused-ring (bicyclic) bond motifs is 1. The molecule has 1 aliphatic heterocycles. The molecule has 0 fully saturated rings. The topological polar surface area (TPSA) is 48.0 Å². The molecular formula is C19H21NO4. The number of benzene rings is 2. The van der Waals surface area contributed by atoms with Gasteiger partial charge in [-0.3, -0.25) is 4.79 Å². The summed E-state index contributed by atoms with van der Waals surface area (Å²) in [5.74, 6) is 1.63. The second-order valence-electron chi connectivity index (χ2n) is 5.71. The first-order valence-electron chi connectivity index (χ1n) is 7.76. The predicted octanol–water partition coefficient (Wildman–Crippen LogP) is 3.02. The van der Waals surface area contributed by atoms with Crippen LogP contribution in [0.4, 0.5) is 5.69 Å². The van der Waals surface area contributed by atoms with E-state index in [9.17, 15) is 4.79 Å². The summed E-state index contributed by atoms with van der Waals surface area (Å²) in [5, 5.41) is 0. The third kappa shape index (κ3) is 2.46. The minimum atomic E-state index is -0.224. The highest BCUT2D eigenvalue weighted by Gasteiger charge is 2.35. The molecule has 0 N–H and O–H groups in total. The summed E-state index contributed by atoms with van der Waals surface area (Å²) in [5.41, 5.74) is 2.92. The number of rotatable bonds is 5. The Morgan fingerprint density at radius 2 is 1.67 bits per heavy atom. The molecule has 126 valence electrons. The molecule has 0 saturated heterocycles. The normalized spacial score (nSPS) is 16.1. The van der Waals surface area contributed by atoms with E-state index in [4.69, 9.17) is 14.2 Å². The van der Waals surface area contributed by atoms with Gasteiger partial charge < -0.3 is 19.1 Å². The Bertz CT molecular complexity index is 772. The number of carbonyl (C=O) groups excluding carboxylic acids is 1. The Hall–Kier alpha value is -2.69. The molecule has 0 radical (unpaired) electrons. The highest BCUT2D eigenvalue weighted by molar-refractivity contribution is 6.04. The van der Waals surface area contributed by atoms with Crippen LogP contribution < -0.4 is 19.1 Å². The number of carbonyl (C=O) groups is 1. The zero-order chi connectivity index (χ0) is 17.3. The number of likely N-dealkylation sites (N-methyl/N-ethyl adjacent to an activating group) is 1. The maximum Gasteiger partial charge on any atom is 0.234 e. The smallest absolute Gasteiger partial charge is 0.234 e. The van der Waals surface area contributed by atoms with Crippen LogP contribution in [0.1, 0.15) is 17.0 Å². The van der Waals surface area contributed by atoms with Crippen molar-refractivity contribution in [1.29, 1.82) is 0 Å². The van der Waals surface area contributed by atoms with Gasteiger partial charge in [0, 0.05) is 12.7 Å². The molecule has 1 atom stereocenters. The average molecular weight is 327 g/mol. The van der Waals surface area contributed by atoms with E-state index in [2.05, 4.69) is 0 Å². The number of nitrogens with zero attached hydrogens (tertiary/aromatic N) is 1. The lowest BCUT2D eigenvalue weighted by Gasteiger charge is -2.17. The molecule has 0 aliphatic carbocycles. The van der Waals surface area contributed by atoms with E-state index in [1.807, 2.05) is 43.4 Å². The number of hydrogen-bond acceptors (Lipinski definition) is 4. The minimum Gasteiger partial charge on any atom is -0.493 e. The molecule has 0 aromatic heterocycles. The molecule has 0 spiro atoms. The van der Waals surface area contributed by atoms with Crippen LogP contribution >= 0.6 is 0 Å². The second kappa shape index (κ2) is 6.43. The molecule has 2 aromatic rings. The molecule has 5 nitrogen and oxygen atoms in total. The van der Waals surface area contributed by atoms with Crippen LogP contribution in [0.2, 0.25) is 0 Å². The SMILES string of the molecule is COc1ccc(C[C@H]2C(=O)N(C)c3ccccc32)c(OC)c1OC. The van der Waals surface area contributed by atoms with Gasteiger partial charge in [-0.05, 0) is 29.7 Å². The standard InChI is InChI=1S/C19H21NO4/c1-20-15-8-6-5-7-13(15)14(19(20)21)11-12-9-10-16(22-2)18(24-4)17(12)23-3/h5-10,14H,11H2,1-4H3/t14-/m1/s1. The Labute approximate surface area is 141 Å². The fraction of sp³-hybridized carbons (Fsp3) is 0.316. The van der Waals surface area contributed by atoms with Crippen LogP contribution in [0.3, 0.4) is 0 Å². The molecule has 2 aromatic carbocycles. The molecule has 0 bridgehead atoms. The first-order chi connectivity index (χ1) is 11.6. The van der Waals surface area contributed by atoms with Crippen LogP contribution in [-0.4, -0.2) is 34.3 Å². The van der Waals surface area contributed by atoms with Gasteiger partial charge in [0.25, 0.3) is 0 Å². The largest absolute Gasteiger partial charge is 0.493 e. The number of amides is 1. The second-order valence-corrected chi connectivity index (χ2v) is 5.71. The van der Waals surface area contributed by atoms with Crippen LogP contribution in [0, 0.1) is 0 Å². The summed E-state index contributed by atoms with van der Waals surface area (Å²) in [6.45, 7) is 0. The van der Waals surface area contributed by atoms with Gasteiger partial charge >= 0.3 is 0 Å². The lowest BCUT2D eigenvalue weighted by molar-refractivity contribution is -0.119. The lowest BCUT2D eigenvalue weighted by Crippen LogP contribution is -2.25. The summed E-state index contributed by atoms with van der Waals surface area (Å²) < 4.78 is 16.3. The number of methoxy groups -OCH3 is 3. The van der Waals surface area contributed by atoms with Crippen LogP contribution in [0.5, 0.6) is 17.2 Å². The summed E-state index contributed by atoms with van der Waals surface area (Å²) in [4.78, 5) is 14.4. The zero-order valence-corrected chi connectivity index (χ0v) is 14.3. The van der Waals surface area contributed by atoms with Crippen LogP contribution in [0.15, 0.2) is 36.4 Å². The van der Waals surface area contributed by atoms with Crippen LogP contribution in [-0.2, 0) is 11.2 Å². The van der Waals surface area contributed by atoms with Crippen molar-refractivity contribution in [3.05, 3.63) is 47.5 Å². The van der Waals surface area contributed by atoms with E-state index in [-0.39, 0.29) is 11.8 Å². The van der Waals surface area contributed by atoms with Crippen LogP contribution in [0.25, 0.3) is 0 Å². The molecular weight excluding hydrogens is 306 g/mol. The van der Waals surface area contributed by atoms with E-state index >= 15 is 0 Å². The van der Waals surface area contributed by atoms with Crippen molar-refractivity contribution in [2.24, 2.45) is 0 Å². The summed E-state index contributed by atoms with van der Waals surface area (Å²) in [7, 11) is 6.57. The maximum absolute atomic E-state index is 12.7. The first-order valence-corrected chi connectivity index (χ1v) is 7.76. The molecule has 1 aliphatic rings. The Kier molecular flexibility index (Phi) is 4.34. The van der Waals surface area contributed by atoms with Crippen molar-refractivity contribution in [3.8, 4) is 17.2 Å². The number of para-hydroxylation sites is 1. The van der Waals surface area contributed by atoms with Gasteiger partial charge in [-0.1, -0.05) is 24.3 Å². The monoisotopic (exact) mass is 327 g/mol. The quantitative estimate of drug-likeness (QED) is 0.847. The van der Waals surface area contributed by atoms with Gasteiger partial charge in [0.15, 0.2) is 11.5 Å². The Morgan fingerprint density at radius 3 is 2.33 bits per heavy atom. The number of anilines is 1.